The molecular formula is C25H32N6O2. The number of rotatable bonds is 7. The van der Waals surface area contributed by atoms with E-state index in [-0.39, 0.29) is 0 Å². The Labute approximate surface area is 194 Å². The van der Waals surface area contributed by atoms with Crippen molar-refractivity contribution in [1.82, 2.24) is 15.2 Å². The number of pyridine rings is 1. The highest BCUT2D eigenvalue weighted by Crippen LogP contribution is 2.24. The van der Waals surface area contributed by atoms with E-state index in [4.69, 9.17) is 10.5 Å². The Morgan fingerprint density at radius 1 is 1.09 bits per heavy atom. The second kappa shape index (κ2) is 9.62. The molecule has 1 aliphatic rings. The fourth-order valence-corrected chi connectivity index (χ4v) is 4.35. The maximum Gasteiger partial charge on any atom is 0.254 e. The van der Waals surface area contributed by atoms with Crippen LogP contribution in [0.2, 0.25) is 0 Å². The zero-order valence-corrected chi connectivity index (χ0v) is 19.8. The summed E-state index contributed by atoms with van der Waals surface area (Å²) in [6.07, 6.45) is 2.35. The summed E-state index contributed by atoms with van der Waals surface area (Å²) in [6, 6.07) is 6.41. The van der Waals surface area contributed by atoms with Gasteiger partial charge in [0, 0.05) is 32.3 Å². The van der Waals surface area contributed by atoms with Crippen molar-refractivity contribution in [3.8, 4) is 0 Å². The van der Waals surface area contributed by atoms with E-state index in [1.807, 2.05) is 6.20 Å². The Hall–Kier alpha value is -3.39. The van der Waals surface area contributed by atoms with Gasteiger partial charge in [-0.15, -0.1) is 0 Å². The number of aromatic amines is 1. The first-order chi connectivity index (χ1) is 15.8. The lowest BCUT2D eigenvalue weighted by atomic mass is 10.0. The predicted molar refractivity (Wildman–Crippen MR) is 130 cm³/mol. The standard InChI is InChI=1S/C25H32N6O2/c1-15-9-19(10-16(2)18(15)4)13-27-24-22(23(26)32)21(29-30-24)12-20-11-17(3)25(28-14-20)31-5-7-33-8-6-31/h9-11,14H,5-8,12-13H2,1-4H3,(H2,26,32)(H2,27,29,30). The average Bonchev–Trinajstić information content (AvgIpc) is 3.19. The summed E-state index contributed by atoms with van der Waals surface area (Å²) >= 11 is 0. The highest BCUT2D eigenvalue weighted by molar-refractivity contribution is 5.99. The van der Waals surface area contributed by atoms with Crippen LogP contribution in [-0.2, 0) is 17.7 Å². The minimum Gasteiger partial charge on any atom is -0.378 e. The van der Waals surface area contributed by atoms with Crippen molar-refractivity contribution in [1.29, 1.82) is 0 Å². The van der Waals surface area contributed by atoms with Gasteiger partial charge in [0.25, 0.3) is 5.91 Å². The molecule has 0 bridgehead atoms. The highest BCUT2D eigenvalue weighted by atomic mass is 16.5. The maximum atomic E-state index is 12.3. The molecule has 33 heavy (non-hydrogen) atoms. The molecule has 8 nitrogen and oxygen atoms in total. The van der Waals surface area contributed by atoms with Crippen LogP contribution < -0.4 is 16.0 Å². The van der Waals surface area contributed by atoms with E-state index in [2.05, 4.69) is 71.3 Å². The Kier molecular flexibility index (Phi) is 6.65. The molecule has 3 heterocycles. The number of benzene rings is 1. The molecule has 1 amide bonds. The number of hydrogen-bond donors (Lipinski definition) is 3. The molecule has 0 aliphatic carbocycles. The molecule has 174 valence electrons. The third-order valence-corrected chi connectivity index (χ3v) is 6.33. The number of morpholine rings is 1. The molecule has 3 aromatic rings. The zero-order valence-electron chi connectivity index (χ0n) is 19.8. The Morgan fingerprint density at radius 3 is 2.39 bits per heavy atom. The largest absolute Gasteiger partial charge is 0.378 e. The number of primary amides is 1. The molecule has 0 radical (unpaired) electrons. The normalized spacial score (nSPS) is 13.9. The summed E-state index contributed by atoms with van der Waals surface area (Å²) in [6.45, 7) is 12.1. The van der Waals surface area contributed by atoms with Crippen molar-refractivity contribution in [3.05, 3.63) is 69.0 Å². The smallest absolute Gasteiger partial charge is 0.254 e. The fourth-order valence-electron chi connectivity index (χ4n) is 4.35. The van der Waals surface area contributed by atoms with Gasteiger partial charge in [-0.25, -0.2) is 4.98 Å². The van der Waals surface area contributed by atoms with Crippen molar-refractivity contribution < 1.29 is 9.53 Å². The summed E-state index contributed by atoms with van der Waals surface area (Å²) in [7, 11) is 0. The zero-order chi connectivity index (χ0) is 23.5. The van der Waals surface area contributed by atoms with Gasteiger partial charge < -0.3 is 20.7 Å². The monoisotopic (exact) mass is 448 g/mol. The Balaban J connectivity index is 1.51. The molecule has 1 saturated heterocycles. The van der Waals surface area contributed by atoms with E-state index in [9.17, 15) is 4.79 Å². The van der Waals surface area contributed by atoms with Crippen molar-refractivity contribution in [2.75, 3.05) is 36.5 Å². The molecule has 0 atom stereocenters. The summed E-state index contributed by atoms with van der Waals surface area (Å²) < 4.78 is 5.44. The van der Waals surface area contributed by atoms with E-state index in [1.54, 1.807) is 0 Å². The number of carbonyl (C=O) groups excluding carboxylic acids is 1. The van der Waals surface area contributed by atoms with E-state index in [1.165, 1.54) is 16.7 Å². The van der Waals surface area contributed by atoms with Crippen LogP contribution in [-0.4, -0.2) is 47.4 Å². The summed E-state index contributed by atoms with van der Waals surface area (Å²) in [5.74, 6) is 0.947. The van der Waals surface area contributed by atoms with Crippen molar-refractivity contribution in [2.45, 2.75) is 40.7 Å². The first-order valence-electron chi connectivity index (χ1n) is 11.3. The lowest BCUT2D eigenvalue weighted by Gasteiger charge is -2.29. The summed E-state index contributed by atoms with van der Waals surface area (Å²) in [5, 5.41) is 10.6. The van der Waals surface area contributed by atoms with Crippen molar-refractivity contribution >= 4 is 17.5 Å². The second-order valence-electron chi connectivity index (χ2n) is 8.76. The average molecular weight is 449 g/mol. The summed E-state index contributed by atoms with van der Waals surface area (Å²) in [4.78, 5) is 19.2. The third kappa shape index (κ3) is 5.01. The molecule has 0 spiro atoms. The van der Waals surface area contributed by atoms with Gasteiger partial charge in [-0.05, 0) is 61.1 Å². The van der Waals surface area contributed by atoms with E-state index >= 15 is 0 Å². The van der Waals surface area contributed by atoms with Crippen LogP contribution in [0.15, 0.2) is 24.4 Å². The van der Waals surface area contributed by atoms with Crippen LogP contribution in [0.25, 0.3) is 0 Å². The van der Waals surface area contributed by atoms with Crippen molar-refractivity contribution in [2.24, 2.45) is 5.73 Å². The number of amides is 1. The lowest BCUT2D eigenvalue weighted by Crippen LogP contribution is -2.37. The van der Waals surface area contributed by atoms with Gasteiger partial charge in [-0.3, -0.25) is 9.89 Å². The summed E-state index contributed by atoms with van der Waals surface area (Å²) in [5.41, 5.74) is 13.8. The number of ether oxygens (including phenoxy) is 1. The van der Waals surface area contributed by atoms with Crippen LogP contribution in [0, 0.1) is 27.7 Å². The molecule has 4 rings (SSSR count). The van der Waals surface area contributed by atoms with Gasteiger partial charge >= 0.3 is 0 Å². The maximum absolute atomic E-state index is 12.3. The fraction of sp³-hybridized carbons (Fsp3) is 0.400. The SMILES string of the molecule is Cc1cc(Cc2[nH]nc(NCc3cc(C)c(C)c(C)c3)c2C(N)=O)cnc1N1CCOCC1. The Bertz CT molecular complexity index is 1140. The number of carbonyl (C=O) groups is 1. The number of nitrogens with one attached hydrogen (secondary N) is 2. The number of H-pyrrole nitrogens is 1. The number of hydrogen-bond acceptors (Lipinski definition) is 6. The molecule has 0 unspecified atom stereocenters. The van der Waals surface area contributed by atoms with E-state index in [0.29, 0.717) is 30.0 Å². The van der Waals surface area contributed by atoms with Crippen LogP contribution in [0.4, 0.5) is 11.6 Å². The number of aromatic nitrogens is 3. The molecule has 4 N–H and O–H groups in total. The van der Waals surface area contributed by atoms with Gasteiger partial charge in [0.15, 0.2) is 5.82 Å². The van der Waals surface area contributed by atoms with Gasteiger partial charge in [0.2, 0.25) is 0 Å². The second-order valence-corrected chi connectivity index (χ2v) is 8.76. The van der Waals surface area contributed by atoms with Gasteiger partial charge in [-0.1, -0.05) is 18.2 Å². The Morgan fingerprint density at radius 2 is 1.76 bits per heavy atom. The minimum atomic E-state index is -0.507. The lowest BCUT2D eigenvalue weighted by molar-refractivity contribution is 0.100. The van der Waals surface area contributed by atoms with Gasteiger partial charge in [0.05, 0.1) is 18.9 Å². The molecule has 1 fully saturated rings. The van der Waals surface area contributed by atoms with Crippen LogP contribution in [0.5, 0.6) is 0 Å². The van der Waals surface area contributed by atoms with Crippen LogP contribution >= 0.6 is 0 Å². The highest BCUT2D eigenvalue weighted by Gasteiger charge is 2.20. The number of nitrogens with two attached hydrogens (primary N) is 1. The predicted octanol–water partition coefficient (Wildman–Crippen LogP) is 3.18. The third-order valence-electron chi connectivity index (χ3n) is 6.33. The number of anilines is 2. The van der Waals surface area contributed by atoms with Crippen LogP contribution in [0.3, 0.4) is 0 Å². The van der Waals surface area contributed by atoms with E-state index in [0.717, 1.165) is 48.8 Å². The first kappa shape index (κ1) is 22.8. The molecule has 1 aromatic carbocycles. The topological polar surface area (TPSA) is 109 Å². The first-order valence-corrected chi connectivity index (χ1v) is 11.3. The molecular weight excluding hydrogens is 416 g/mol. The molecule has 2 aromatic heterocycles. The van der Waals surface area contributed by atoms with Crippen LogP contribution in [0.1, 0.15) is 49.4 Å². The quantitative estimate of drug-likeness (QED) is 0.512. The number of nitrogens with zero attached hydrogens (tertiary/aromatic N) is 3. The molecule has 1 aliphatic heterocycles. The number of aryl methyl sites for hydroxylation is 3. The van der Waals surface area contributed by atoms with Gasteiger partial charge in [0.1, 0.15) is 11.4 Å². The van der Waals surface area contributed by atoms with Gasteiger partial charge in [-0.2, -0.15) is 5.10 Å². The van der Waals surface area contributed by atoms with Crippen molar-refractivity contribution in [3.63, 3.8) is 0 Å². The molecule has 8 heteroatoms. The van der Waals surface area contributed by atoms with E-state index < -0.39 is 5.91 Å². The minimum absolute atomic E-state index is 0.394. The molecule has 0 saturated carbocycles.